The third-order valence-corrected chi connectivity index (χ3v) is 7.40. The molecule has 0 bridgehead atoms. The van der Waals surface area contributed by atoms with Crippen LogP contribution >= 0.6 is 11.6 Å². The number of hydrogen-bond donors (Lipinski definition) is 2. The molecule has 0 aliphatic heterocycles. The van der Waals surface area contributed by atoms with Gasteiger partial charge in [-0.3, -0.25) is 9.52 Å². The van der Waals surface area contributed by atoms with Crippen LogP contribution in [0.15, 0.2) is 125 Å². The van der Waals surface area contributed by atoms with Crippen LogP contribution in [0.3, 0.4) is 0 Å². The summed E-state index contributed by atoms with van der Waals surface area (Å²) in [7, 11) is -3.98. The number of aromatic nitrogens is 2. The number of carbonyl (C=O) groups excluding carboxylic acids is 1. The molecule has 5 aromatic rings. The van der Waals surface area contributed by atoms with Crippen molar-refractivity contribution in [2.75, 3.05) is 4.72 Å². The molecule has 10 heteroatoms. The highest BCUT2D eigenvalue weighted by atomic mass is 35.5. The minimum absolute atomic E-state index is 0.0884. The average molecular weight is 556 g/mol. The van der Waals surface area contributed by atoms with E-state index in [2.05, 4.69) is 15.2 Å². The zero-order chi connectivity index (χ0) is 27.2. The predicted octanol–water partition coefficient (Wildman–Crippen LogP) is 5.76. The molecule has 0 radical (unpaired) electrons. The van der Waals surface area contributed by atoms with Gasteiger partial charge >= 0.3 is 0 Å². The Morgan fingerprint density at radius 3 is 2.31 bits per heavy atom. The number of nitrogens with one attached hydrogen (secondary N) is 2. The molecule has 4 aromatic carbocycles. The van der Waals surface area contributed by atoms with Gasteiger partial charge in [-0.25, -0.2) is 18.5 Å². The Morgan fingerprint density at radius 2 is 1.56 bits per heavy atom. The van der Waals surface area contributed by atoms with Gasteiger partial charge in [0.2, 0.25) is 0 Å². The van der Waals surface area contributed by atoms with Crippen molar-refractivity contribution >= 4 is 39.4 Å². The third kappa shape index (κ3) is 6.06. The number of benzene rings is 4. The van der Waals surface area contributed by atoms with Crippen molar-refractivity contribution in [3.8, 4) is 16.9 Å². The number of sulfonamides is 1. The number of amides is 1. The lowest BCUT2D eigenvalue weighted by Crippen LogP contribution is -2.19. The summed E-state index contributed by atoms with van der Waals surface area (Å²) in [6.45, 7) is 0. The lowest BCUT2D eigenvalue weighted by Gasteiger charge is -2.10. The molecule has 0 saturated carbocycles. The third-order valence-electron chi connectivity index (χ3n) is 5.70. The highest BCUT2D eigenvalue weighted by Crippen LogP contribution is 2.25. The lowest BCUT2D eigenvalue weighted by molar-refractivity contribution is 0.0955. The Labute approximate surface area is 230 Å². The molecule has 5 rings (SSSR count). The molecule has 194 valence electrons. The largest absolute Gasteiger partial charge is 0.278 e. The molecule has 0 fully saturated rings. The fraction of sp³-hybridized carbons (Fsp3) is 0. The molecule has 39 heavy (non-hydrogen) atoms. The molecule has 1 heterocycles. The number of hydrogen-bond acceptors (Lipinski definition) is 5. The minimum atomic E-state index is -3.98. The molecular weight excluding hydrogens is 534 g/mol. The van der Waals surface area contributed by atoms with Gasteiger partial charge in [-0.2, -0.15) is 10.2 Å². The van der Waals surface area contributed by atoms with Crippen LogP contribution in [-0.4, -0.2) is 30.3 Å². The van der Waals surface area contributed by atoms with E-state index in [1.807, 2.05) is 66.9 Å². The number of hydrazone groups is 1. The average Bonchev–Trinajstić information content (AvgIpc) is 3.39. The van der Waals surface area contributed by atoms with Crippen LogP contribution in [0.4, 0.5) is 5.69 Å². The molecule has 0 unspecified atom stereocenters. The van der Waals surface area contributed by atoms with Gasteiger partial charge in [0.15, 0.2) is 0 Å². The quantitative estimate of drug-likeness (QED) is 0.188. The maximum atomic E-state index is 12.9. The summed E-state index contributed by atoms with van der Waals surface area (Å²) in [6.07, 6.45) is 3.33. The van der Waals surface area contributed by atoms with Gasteiger partial charge in [0.1, 0.15) is 5.69 Å². The molecule has 0 saturated heterocycles. The summed E-state index contributed by atoms with van der Waals surface area (Å²) in [4.78, 5) is 12.7. The van der Waals surface area contributed by atoms with E-state index in [4.69, 9.17) is 16.7 Å². The molecule has 0 aliphatic carbocycles. The van der Waals surface area contributed by atoms with Crippen LogP contribution in [-0.2, 0) is 10.0 Å². The van der Waals surface area contributed by atoms with Gasteiger partial charge in [-0.1, -0.05) is 78.3 Å². The smallest absolute Gasteiger partial charge is 0.271 e. The van der Waals surface area contributed by atoms with Crippen molar-refractivity contribution in [2.24, 2.45) is 5.10 Å². The van der Waals surface area contributed by atoms with Crippen molar-refractivity contribution in [2.45, 2.75) is 4.90 Å². The fourth-order valence-electron chi connectivity index (χ4n) is 3.79. The van der Waals surface area contributed by atoms with E-state index in [0.29, 0.717) is 11.3 Å². The summed E-state index contributed by atoms with van der Waals surface area (Å²) < 4.78 is 29.9. The SMILES string of the molecule is O=C(NN=Cc1cn(-c2ccccc2)nc1-c1ccccc1)c1cccc(S(=O)(=O)Nc2ccccc2Cl)c1. The van der Waals surface area contributed by atoms with E-state index < -0.39 is 15.9 Å². The first-order valence-corrected chi connectivity index (χ1v) is 13.7. The highest BCUT2D eigenvalue weighted by molar-refractivity contribution is 7.92. The van der Waals surface area contributed by atoms with Crippen LogP contribution in [0, 0.1) is 0 Å². The number of rotatable bonds is 8. The zero-order valence-electron chi connectivity index (χ0n) is 20.4. The summed E-state index contributed by atoms with van der Waals surface area (Å²) in [6, 6.07) is 31.4. The van der Waals surface area contributed by atoms with Crippen LogP contribution in [0.25, 0.3) is 16.9 Å². The molecule has 2 N–H and O–H groups in total. The number of nitrogens with zero attached hydrogens (tertiary/aromatic N) is 3. The highest BCUT2D eigenvalue weighted by Gasteiger charge is 2.18. The second-order valence-electron chi connectivity index (χ2n) is 8.39. The molecule has 0 spiro atoms. The van der Waals surface area contributed by atoms with E-state index in [0.717, 1.165) is 11.3 Å². The number of anilines is 1. The Bertz CT molecular complexity index is 1750. The van der Waals surface area contributed by atoms with Crippen molar-refractivity contribution in [3.63, 3.8) is 0 Å². The first-order valence-electron chi connectivity index (χ1n) is 11.8. The fourth-order valence-corrected chi connectivity index (χ4v) is 5.16. The summed E-state index contributed by atoms with van der Waals surface area (Å²) in [5.41, 5.74) is 5.98. The van der Waals surface area contributed by atoms with Gasteiger partial charge < -0.3 is 0 Å². The molecule has 0 aliphatic rings. The van der Waals surface area contributed by atoms with Crippen LogP contribution in [0.1, 0.15) is 15.9 Å². The number of halogens is 1. The zero-order valence-corrected chi connectivity index (χ0v) is 22.0. The van der Waals surface area contributed by atoms with E-state index in [9.17, 15) is 13.2 Å². The topological polar surface area (TPSA) is 105 Å². The number of para-hydroxylation sites is 2. The minimum Gasteiger partial charge on any atom is -0.278 e. The predicted molar refractivity (Wildman–Crippen MR) is 153 cm³/mol. The summed E-state index contributed by atoms with van der Waals surface area (Å²) in [5, 5.41) is 9.10. The Hall–Kier alpha value is -4.73. The normalized spacial score (nSPS) is 11.4. The second-order valence-corrected chi connectivity index (χ2v) is 10.5. The maximum Gasteiger partial charge on any atom is 0.271 e. The van der Waals surface area contributed by atoms with E-state index >= 15 is 0 Å². The lowest BCUT2D eigenvalue weighted by atomic mass is 10.1. The van der Waals surface area contributed by atoms with E-state index in [1.165, 1.54) is 30.5 Å². The molecule has 0 atom stereocenters. The molecule has 8 nitrogen and oxygen atoms in total. The van der Waals surface area contributed by atoms with Crippen LogP contribution in [0.5, 0.6) is 0 Å². The first kappa shape index (κ1) is 25.9. The van der Waals surface area contributed by atoms with E-state index in [1.54, 1.807) is 28.9 Å². The van der Waals surface area contributed by atoms with Gasteiger partial charge in [0.05, 0.1) is 27.5 Å². The Kier molecular flexibility index (Phi) is 7.53. The Morgan fingerprint density at radius 1 is 0.872 bits per heavy atom. The van der Waals surface area contributed by atoms with Gasteiger partial charge in [-0.15, -0.1) is 0 Å². The van der Waals surface area contributed by atoms with Gasteiger partial charge in [-0.05, 0) is 42.5 Å². The van der Waals surface area contributed by atoms with Crippen molar-refractivity contribution in [1.82, 2.24) is 15.2 Å². The summed E-state index contributed by atoms with van der Waals surface area (Å²) >= 11 is 6.08. The van der Waals surface area contributed by atoms with Crippen LogP contribution < -0.4 is 10.1 Å². The van der Waals surface area contributed by atoms with Crippen molar-refractivity contribution < 1.29 is 13.2 Å². The molecular formula is C29H22ClN5O3S. The van der Waals surface area contributed by atoms with Gasteiger partial charge in [0, 0.05) is 22.9 Å². The summed E-state index contributed by atoms with van der Waals surface area (Å²) in [5.74, 6) is -0.572. The maximum absolute atomic E-state index is 12.9. The Balaban J connectivity index is 1.36. The van der Waals surface area contributed by atoms with Crippen molar-refractivity contribution in [1.29, 1.82) is 0 Å². The monoisotopic (exact) mass is 555 g/mol. The number of carbonyl (C=O) groups is 1. The van der Waals surface area contributed by atoms with Gasteiger partial charge in [0.25, 0.3) is 15.9 Å². The second kappa shape index (κ2) is 11.3. The molecule has 1 amide bonds. The van der Waals surface area contributed by atoms with Crippen molar-refractivity contribution in [3.05, 3.63) is 132 Å². The van der Waals surface area contributed by atoms with E-state index in [-0.39, 0.29) is 21.2 Å². The molecule has 1 aromatic heterocycles. The standard InChI is InChI=1S/C29H22ClN5O3S/c30-26-16-7-8-17-27(26)34-39(37,38)25-15-9-12-22(18-25)29(36)32-31-19-23-20-35(24-13-5-2-6-14-24)33-28(23)21-10-3-1-4-11-21/h1-20,34H,(H,32,36). The van der Waals surface area contributed by atoms with Crippen LogP contribution in [0.2, 0.25) is 5.02 Å². The first-order chi connectivity index (χ1) is 18.9.